The van der Waals surface area contributed by atoms with Crippen molar-refractivity contribution in [2.45, 2.75) is 77.3 Å². The summed E-state index contributed by atoms with van der Waals surface area (Å²) >= 11 is 0. The number of benzene rings is 1. The number of anilines is 2. The zero-order valence-electron chi connectivity index (χ0n) is 26.6. The highest BCUT2D eigenvalue weighted by molar-refractivity contribution is 6.05. The quantitative estimate of drug-likeness (QED) is 0.269. The maximum Gasteiger partial charge on any atom is 0.258 e. The highest BCUT2D eigenvalue weighted by atomic mass is 19.1. The molecule has 1 N–H and O–H groups in total. The number of nitrogens with zero attached hydrogens (tertiary/aromatic N) is 6. The van der Waals surface area contributed by atoms with Crippen molar-refractivity contribution in [2.24, 2.45) is 5.41 Å². The lowest BCUT2D eigenvalue weighted by Crippen LogP contribution is -2.47. The van der Waals surface area contributed by atoms with Crippen molar-refractivity contribution >= 4 is 28.6 Å². The second-order valence-corrected chi connectivity index (χ2v) is 13.8. The molecule has 1 aromatic carbocycles. The summed E-state index contributed by atoms with van der Waals surface area (Å²) in [7, 11) is 0. The number of imidazole rings is 1. The van der Waals surface area contributed by atoms with Gasteiger partial charge < -0.3 is 19.1 Å². The van der Waals surface area contributed by atoms with E-state index >= 15 is 4.39 Å². The van der Waals surface area contributed by atoms with E-state index in [0.717, 1.165) is 62.3 Å². The van der Waals surface area contributed by atoms with Gasteiger partial charge >= 0.3 is 0 Å². The van der Waals surface area contributed by atoms with E-state index in [1.807, 2.05) is 23.6 Å². The second-order valence-electron chi connectivity index (χ2n) is 13.8. The number of hydrogen-bond donors (Lipinski definition) is 1. The van der Waals surface area contributed by atoms with Crippen LogP contribution in [0.5, 0.6) is 5.75 Å². The summed E-state index contributed by atoms with van der Waals surface area (Å²) in [6.07, 6.45) is 13.6. The SMILES string of the molecule is Cc1cc2cc(n1)-c1cnccc1OCCCCCn1c(nc3cc(F)c(N4CCC5(CC4)CCN(C4CC4)CC5)cc31)NC2=O. The zero-order chi connectivity index (χ0) is 31.3. The van der Waals surface area contributed by atoms with Gasteiger partial charge in [0.05, 0.1) is 34.6 Å². The van der Waals surface area contributed by atoms with Crippen LogP contribution in [0.2, 0.25) is 0 Å². The number of rotatable bonds is 2. The molecule has 4 aromatic rings. The molecule has 0 unspecified atom stereocenters. The van der Waals surface area contributed by atoms with Crippen LogP contribution in [0, 0.1) is 18.2 Å². The average molecular weight is 624 g/mol. The van der Waals surface area contributed by atoms with E-state index in [1.165, 1.54) is 38.8 Å². The van der Waals surface area contributed by atoms with Crippen LogP contribution < -0.4 is 15.0 Å². The van der Waals surface area contributed by atoms with Crippen molar-refractivity contribution in [1.82, 2.24) is 24.4 Å². The molecule has 8 rings (SSSR count). The van der Waals surface area contributed by atoms with Crippen LogP contribution in [-0.4, -0.2) is 69.2 Å². The molecule has 0 radical (unpaired) electrons. The minimum absolute atomic E-state index is 0.254. The molecule has 4 aliphatic rings. The third-order valence-corrected chi connectivity index (χ3v) is 10.7. The Balaban J connectivity index is 1.08. The van der Waals surface area contributed by atoms with Gasteiger partial charge in [-0.2, -0.15) is 0 Å². The molecule has 1 amide bonds. The molecule has 2 saturated heterocycles. The Morgan fingerprint density at radius 1 is 0.957 bits per heavy atom. The number of aryl methyl sites for hydroxylation is 2. The Bertz CT molecular complexity index is 1770. The fraction of sp³-hybridized carbons (Fsp3) is 0.500. The fourth-order valence-electron chi connectivity index (χ4n) is 7.77. The molecule has 3 fully saturated rings. The largest absolute Gasteiger partial charge is 0.493 e. The lowest BCUT2D eigenvalue weighted by molar-refractivity contribution is 0.0755. The van der Waals surface area contributed by atoms with E-state index in [2.05, 4.69) is 25.1 Å². The molecule has 46 heavy (non-hydrogen) atoms. The molecule has 2 bridgehead atoms. The number of nitrogens with one attached hydrogen (secondary N) is 1. The first-order valence-electron chi connectivity index (χ1n) is 17.0. The van der Waals surface area contributed by atoms with Crippen LogP contribution in [0.25, 0.3) is 22.3 Å². The first-order valence-corrected chi connectivity index (χ1v) is 17.0. The fourth-order valence-corrected chi connectivity index (χ4v) is 7.77. The number of amides is 1. The van der Waals surface area contributed by atoms with Gasteiger partial charge in [0.15, 0.2) is 0 Å². The monoisotopic (exact) mass is 623 g/mol. The van der Waals surface area contributed by atoms with E-state index in [9.17, 15) is 4.79 Å². The number of aromatic nitrogens is 4. The summed E-state index contributed by atoms with van der Waals surface area (Å²) in [4.78, 5) is 32.3. The molecule has 9 nitrogen and oxygen atoms in total. The molecule has 1 aliphatic carbocycles. The smallest absolute Gasteiger partial charge is 0.258 e. The number of hydrogen-bond acceptors (Lipinski definition) is 7. The number of halogens is 1. The van der Waals surface area contributed by atoms with Gasteiger partial charge in [-0.25, -0.2) is 9.37 Å². The molecule has 6 heterocycles. The molecule has 240 valence electrons. The van der Waals surface area contributed by atoms with Gasteiger partial charge in [-0.15, -0.1) is 0 Å². The van der Waals surface area contributed by atoms with E-state index in [1.54, 1.807) is 30.6 Å². The number of carbonyl (C=O) groups is 1. The maximum absolute atomic E-state index is 15.8. The minimum Gasteiger partial charge on any atom is -0.493 e. The molecular weight excluding hydrogens is 581 g/mol. The van der Waals surface area contributed by atoms with Gasteiger partial charge in [-0.1, -0.05) is 0 Å². The van der Waals surface area contributed by atoms with Crippen LogP contribution >= 0.6 is 0 Å². The van der Waals surface area contributed by atoms with Gasteiger partial charge in [0, 0.05) is 55.4 Å². The Labute approximate surface area is 269 Å². The van der Waals surface area contributed by atoms with Crippen LogP contribution in [0.1, 0.15) is 73.8 Å². The minimum atomic E-state index is -0.292. The Morgan fingerprint density at radius 3 is 2.57 bits per heavy atom. The number of fused-ring (bicyclic) bond motifs is 7. The summed E-state index contributed by atoms with van der Waals surface area (Å²) < 4.78 is 24.0. The zero-order valence-corrected chi connectivity index (χ0v) is 26.6. The Morgan fingerprint density at radius 2 is 1.76 bits per heavy atom. The number of piperidine rings is 2. The number of ether oxygens (including phenoxy) is 1. The normalized spacial score (nSPS) is 20.7. The van der Waals surface area contributed by atoms with Crippen LogP contribution in [0.3, 0.4) is 0 Å². The highest BCUT2D eigenvalue weighted by Crippen LogP contribution is 2.45. The van der Waals surface area contributed by atoms with Crippen molar-refractivity contribution in [2.75, 3.05) is 43.0 Å². The van der Waals surface area contributed by atoms with Crippen molar-refractivity contribution in [3.8, 4) is 17.0 Å². The third kappa shape index (κ3) is 5.72. The van der Waals surface area contributed by atoms with E-state index in [-0.39, 0.29) is 11.7 Å². The molecule has 10 heteroatoms. The second kappa shape index (κ2) is 12.0. The lowest BCUT2D eigenvalue weighted by Gasteiger charge is -2.47. The van der Waals surface area contributed by atoms with Gasteiger partial charge in [0.25, 0.3) is 5.91 Å². The van der Waals surface area contributed by atoms with Crippen LogP contribution in [-0.2, 0) is 6.54 Å². The number of pyridine rings is 2. The van der Waals surface area contributed by atoms with Gasteiger partial charge in [0.2, 0.25) is 5.95 Å². The van der Waals surface area contributed by atoms with Crippen molar-refractivity contribution in [3.63, 3.8) is 0 Å². The van der Waals surface area contributed by atoms with Crippen molar-refractivity contribution in [3.05, 3.63) is 59.8 Å². The van der Waals surface area contributed by atoms with E-state index in [0.29, 0.717) is 58.4 Å². The molecule has 3 aromatic heterocycles. The first kappa shape index (κ1) is 29.4. The maximum atomic E-state index is 15.8. The van der Waals surface area contributed by atoms with Gasteiger partial charge in [-0.3, -0.25) is 20.1 Å². The molecular formula is C36H42FN7O2. The summed E-state index contributed by atoms with van der Waals surface area (Å²) in [6, 6.07) is 9.70. The lowest BCUT2D eigenvalue weighted by atomic mass is 9.71. The topological polar surface area (TPSA) is 88.4 Å². The summed E-state index contributed by atoms with van der Waals surface area (Å²) in [5.41, 5.74) is 4.97. The predicted octanol–water partition coefficient (Wildman–Crippen LogP) is 6.60. The van der Waals surface area contributed by atoms with E-state index in [4.69, 9.17) is 9.72 Å². The summed E-state index contributed by atoms with van der Waals surface area (Å²) in [5, 5.41) is 3.05. The van der Waals surface area contributed by atoms with Crippen LogP contribution in [0.4, 0.5) is 16.0 Å². The third-order valence-electron chi connectivity index (χ3n) is 10.7. The van der Waals surface area contributed by atoms with Crippen LogP contribution in [0.15, 0.2) is 42.7 Å². The predicted molar refractivity (Wildman–Crippen MR) is 177 cm³/mol. The van der Waals surface area contributed by atoms with Crippen molar-refractivity contribution < 1.29 is 13.9 Å². The Hall–Kier alpha value is -4.05. The number of likely N-dealkylation sites (tertiary alicyclic amines) is 1. The number of carbonyl (C=O) groups excluding carboxylic acids is 1. The summed E-state index contributed by atoms with van der Waals surface area (Å²) in [6.45, 7) is 7.25. The van der Waals surface area contributed by atoms with E-state index < -0.39 is 0 Å². The average Bonchev–Trinajstić information content (AvgIpc) is 3.86. The molecule has 1 spiro atoms. The molecule has 0 atom stereocenters. The van der Waals surface area contributed by atoms with Gasteiger partial charge in [-0.05, 0) is 107 Å². The molecule has 3 aliphatic heterocycles. The van der Waals surface area contributed by atoms with Gasteiger partial charge in [0.1, 0.15) is 11.6 Å². The highest BCUT2D eigenvalue weighted by Gasteiger charge is 2.41. The first-order chi connectivity index (χ1) is 22.4. The van der Waals surface area contributed by atoms with Crippen molar-refractivity contribution in [1.29, 1.82) is 0 Å². The standard InChI is InChI=1S/C36H42FN7O2/c1-24-19-25-20-29(39-24)27-23-38-12-7-33(27)46-18-4-2-3-13-44-32-22-31(28(37)21-30(32)40-35(44)41-34(25)45)43-16-10-36(11-17-43)8-14-42(15-9-36)26-5-6-26/h7,12,19-23,26H,2-6,8-11,13-18H2,1H3,(H,40,41,45). The summed E-state index contributed by atoms with van der Waals surface area (Å²) in [5.74, 6) is 0.589. The molecule has 1 saturated carbocycles. The Kier molecular flexibility index (Phi) is 7.63.